The number of nitro groups is 1. The lowest BCUT2D eigenvalue weighted by Gasteiger charge is -2.07. The van der Waals surface area contributed by atoms with E-state index in [-0.39, 0.29) is 11.4 Å². The first-order chi connectivity index (χ1) is 9.99. The Morgan fingerprint density at radius 3 is 2.48 bits per heavy atom. The Morgan fingerprint density at radius 1 is 1.19 bits per heavy atom. The van der Waals surface area contributed by atoms with E-state index in [2.05, 4.69) is 0 Å². The first kappa shape index (κ1) is 13.5. The average molecular weight is 303 g/mol. The highest BCUT2D eigenvalue weighted by molar-refractivity contribution is 6.30. The van der Waals surface area contributed by atoms with Crippen LogP contribution in [0.2, 0.25) is 5.02 Å². The second-order valence-electron chi connectivity index (χ2n) is 4.70. The summed E-state index contributed by atoms with van der Waals surface area (Å²) in [6.45, 7) is 1.68. The Kier molecular flexibility index (Phi) is 3.07. The van der Waals surface area contributed by atoms with Crippen molar-refractivity contribution in [2.75, 3.05) is 0 Å². The highest BCUT2D eigenvalue weighted by Crippen LogP contribution is 2.36. The van der Waals surface area contributed by atoms with E-state index in [1.807, 2.05) is 0 Å². The van der Waals surface area contributed by atoms with Crippen LogP contribution in [0.3, 0.4) is 0 Å². The molecular weight excluding hydrogens is 292 g/mol. The predicted molar refractivity (Wildman–Crippen MR) is 81.3 cm³/mol. The van der Waals surface area contributed by atoms with Crippen molar-refractivity contribution < 1.29 is 10.0 Å². The number of phenolic OH excluding ortho intramolecular Hbond substituents is 1. The number of halogens is 1. The van der Waals surface area contributed by atoms with E-state index in [1.165, 1.54) is 12.1 Å². The molecule has 0 saturated heterocycles. The number of nitrogens with zero attached hydrogens (tertiary/aromatic N) is 2. The van der Waals surface area contributed by atoms with Gasteiger partial charge in [-0.3, -0.25) is 10.1 Å². The van der Waals surface area contributed by atoms with E-state index in [0.717, 1.165) is 5.69 Å². The lowest BCUT2D eigenvalue weighted by molar-refractivity contribution is -0.383. The van der Waals surface area contributed by atoms with Crippen LogP contribution in [0.4, 0.5) is 5.69 Å². The molecule has 0 atom stereocenters. The Morgan fingerprint density at radius 2 is 1.86 bits per heavy atom. The van der Waals surface area contributed by atoms with E-state index in [1.54, 1.807) is 41.8 Å². The summed E-state index contributed by atoms with van der Waals surface area (Å²) in [5, 5.41) is 22.1. The van der Waals surface area contributed by atoms with Crippen LogP contribution < -0.4 is 0 Å². The molecule has 0 aliphatic carbocycles. The molecule has 106 valence electrons. The zero-order chi connectivity index (χ0) is 15.1. The number of benzene rings is 2. The van der Waals surface area contributed by atoms with Crippen molar-refractivity contribution in [3.63, 3.8) is 0 Å². The number of aromatic hydroxyl groups is 1. The van der Waals surface area contributed by atoms with Crippen LogP contribution in [-0.2, 0) is 0 Å². The molecule has 1 N–H and O–H groups in total. The Bertz CT molecular complexity index is 853. The number of phenols is 1. The van der Waals surface area contributed by atoms with Gasteiger partial charge >= 0.3 is 0 Å². The number of aromatic nitrogens is 1. The first-order valence-electron chi connectivity index (χ1n) is 6.23. The van der Waals surface area contributed by atoms with Crippen LogP contribution in [0.15, 0.2) is 42.5 Å². The van der Waals surface area contributed by atoms with Gasteiger partial charge in [0.25, 0.3) is 5.69 Å². The minimum atomic E-state index is -0.402. The minimum Gasteiger partial charge on any atom is -0.508 e. The van der Waals surface area contributed by atoms with Gasteiger partial charge in [0.15, 0.2) is 0 Å². The van der Waals surface area contributed by atoms with Gasteiger partial charge < -0.3 is 9.67 Å². The summed E-state index contributed by atoms with van der Waals surface area (Å²) in [5.74, 6) is 0.0603. The third-order valence-corrected chi connectivity index (χ3v) is 3.67. The SMILES string of the molecule is Cc1c([N+](=O)[O-])c2ccc(O)cc2n1-c1ccc(Cl)cc1. The standard InChI is InChI=1S/C15H11ClN2O3/c1-9-15(18(20)21)13-7-6-12(19)8-14(13)17(9)11-4-2-10(16)3-5-11/h2-8,19H,1H3. The molecule has 0 aliphatic heterocycles. The molecule has 0 aliphatic rings. The quantitative estimate of drug-likeness (QED) is 0.569. The van der Waals surface area contributed by atoms with Gasteiger partial charge in [0.2, 0.25) is 0 Å². The molecule has 3 rings (SSSR count). The van der Waals surface area contributed by atoms with Gasteiger partial charge in [0.1, 0.15) is 5.75 Å². The second-order valence-corrected chi connectivity index (χ2v) is 5.14. The lowest BCUT2D eigenvalue weighted by atomic mass is 10.2. The molecule has 0 bridgehead atoms. The van der Waals surface area contributed by atoms with Crippen molar-refractivity contribution in [2.24, 2.45) is 0 Å². The highest BCUT2D eigenvalue weighted by atomic mass is 35.5. The van der Waals surface area contributed by atoms with Gasteiger partial charge in [-0.25, -0.2) is 0 Å². The number of fused-ring (bicyclic) bond motifs is 1. The van der Waals surface area contributed by atoms with Crippen molar-refractivity contribution in [3.05, 3.63) is 63.3 Å². The molecule has 0 spiro atoms. The fourth-order valence-corrected chi connectivity index (χ4v) is 2.67. The normalized spacial score (nSPS) is 11.0. The summed E-state index contributed by atoms with van der Waals surface area (Å²) in [4.78, 5) is 10.9. The van der Waals surface area contributed by atoms with E-state index in [4.69, 9.17) is 11.6 Å². The zero-order valence-electron chi connectivity index (χ0n) is 11.1. The van der Waals surface area contributed by atoms with Gasteiger partial charge in [0.05, 0.1) is 21.5 Å². The smallest absolute Gasteiger partial charge is 0.298 e. The Balaban J connectivity index is 2.41. The van der Waals surface area contributed by atoms with E-state index < -0.39 is 4.92 Å². The number of hydrogen-bond acceptors (Lipinski definition) is 3. The van der Waals surface area contributed by atoms with Gasteiger partial charge in [-0.05, 0) is 43.3 Å². The topological polar surface area (TPSA) is 68.3 Å². The van der Waals surface area contributed by atoms with Gasteiger partial charge in [0, 0.05) is 16.8 Å². The molecular formula is C15H11ClN2O3. The third kappa shape index (κ3) is 2.11. The maximum absolute atomic E-state index is 11.3. The second kappa shape index (κ2) is 4.79. The summed E-state index contributed by atoms with van der Waals surface area (Å²) in [6, 6.07) is 11.5. The summed E-state index contributed by atoms with van der Waals surface area (Å²) < 4.78 is 1.74. The van der Waals surface area contributed by atoms with Crippen LogP contribution in [0, 0.1) is 17.0 Å². The monoisotopic (exact) mass is 302 g/mol. The third-order valence-electron chi connectivity index (χ3n) is 3.42. The molecule has 1 heterocycles. The molecule has 2 aromatic carbocycles. The Labute approximate surface area is 125 Å². The van der Waals surface area contributed by atoms with E-state index >= 15 is 0 Å². The zero-order valence-corrected chi connectivity index (χ0v) is 11.8. The van der Waals surface area contributed by atoms with Crippen molar-refractivity contribution in [2.45, 2.75) is 6.92 Å². The van der Waals surface area contributed by atoms with Crippen LogP contribution in [-0.4, -0.2) is 14.6 Å². The van der Waals surface area contributed by atoms with E-state index in [0.29, 0.717) is 21.6 Å². The van der Waals surface area contributed by atoms with Gasteiger partial charge in [-0.15, -0.1) is 0 Å². The molecule has 0 amide bonds. The van der Waals surface area contributed by atoms with Gasteiger partial charge in [-0.1, -0.05) is 11.6 Å². The summed E-state index contributed by atoms with van der Waals surface area (Å²) in [7, 11) is 0. The molecule has 0 saturated carbocycles. The fourth-order valence-electron chi connectivity index (χ4n) is 2.54. The first-order valence-corrected chi connectivity index (χ1v) is 6.61. The maximum Gasteiger partial charge on any atom is 0.298 e. The fraction of sp³-hybridized carbons (Fsp3) is 0.0667. The highest BCUT2D eigenvalue weighted by Gasteiger charge is 2.24. The van der Waals surface area contributed by atoms with Gasteiger partial charge in [-0.2, -0.15) is 0 Å². The predicted octanol–water partition coefficient (Wildman–Crippen LogP) is 4.21. The summed E-state index contributed by atoms with van der Waals surface area (Å²) in [5.41, 5.74) is 1.88. The van der Waals surface area contributed by atoms with Crippen molar-refractivity contribution in [3.8, 4) is 11.4 Å². The lowest BCUT2D eigenvalue weighted by Crippen LogP contribution is -1.97. The molecule has 3 aromatic rings. The number of hydrogen-bond donors (Lipinski definition) is 1. The molecule has 6 heteroatoms. The van der Waals surface area contributed by atoms with Crippen LogP contribution >= 0.6 is 11.6 Å². The van der Waals surface area contributed by atoms with E-state index in [9.17, 15) is 15.2 Å². The summed E-state index contributed by atoms with van der Waals surface area (Å²) in [6.07, 6.45) is 0. The molecule has 0 radical (unpaired) electrons. The molecule has 1 aromatic heterocycles. The number of rotatable bonds is 2. The minimum absolute atomic E-state index is 0.0416. The molecule has 5 nitrogen and oxygen atoms in total. The van der Waals surface area contributed by atoms with Crippen LogP contribution in [0.5, 0.6) is 5.75 Å². The molecule has 0 unspecified atom stereocenters. The van der Waals surface area contributed by atoms with Crippen molar-refractivity contribution in [1.29, 1.82) is 0 Å². The van der Waals surface area contributed by atoms with Crippen LogP contribution in [0.1, 0.15) is 5.69 Å². The molecule has 21 heavy (non-hydrogen) atoms. The Hall–Kier alpha value is -2.53. The molecule has 0 fully saturated rings. The van der Waals surface area contributed by atoms with Crippen molar-refractivity contribution >= 4 is 28.2 Å². The average Bonchev–Trinajstić information content (AvgIpc) is 2.71. The van der Waals surface area contributed by atoms with Crippen LogP contribution in [0.25, 0.3) is 16.6 Å². The van der Waals surface area contributed by atoms with Crippen molar-refractivity contribution in [1.82, 2.24) is 4.57 Å². The largest absolute Gasteiger partial charge is 0.508 e. The maximum atomic E-state index is 11.3. The summed E-state index contributed by atoms with van der Waals surface area (Å²) >= 11 is 5.88.